The fourth-order valence-corrected chi connectivity index (χ4v) is 5.24. The van der Waals surface area contributed by atoms with Crippen LogP contribution in [0.5, 0.6) is 0 Å². The Bertz CT molecular complexity index is 907. The van der Waals surface area contributed by atoms with Gasteiger partial charge in [0, 0.05) is 21.2 Å². The predicted octanol–water partition coefficient (Wildman–Crippen LogP) is 4.03. The second-order valence-electron chi connectivity index (χ2n) is 8.17. The minimum absolute atomic E-state index is 0.0645. The number of nitrogens with zero attached hydrogens (tertiary/aromatic N) is 2. The van der Waals surface area contributed by atoms with Crippen molar-refractivity contribution >= 4 is 39.5 Å². The first kappa shape index (κ1) is 21.5. The van der Waals surface area contributed by atoms with Crippen LogP contribution in [0.4, 0.5) is 13.2 Å². The van der Waals surface area contributed by atoms with E-state index in [-0.39, 0.29) is 31.1 Å². The third-order valence-electron chi connectivity index (χ3n) is 5.97. The second kappa shape index (κ2) is 7.45. The summed E-state index contributed by atoms with van der Waals surface area (Å²) < 4.78 is 41.5. The third-order valence-corrected chi connectivity index (χ3v) is 7.72. The van der Waals surface area contributed by atoms with Gasteiger partial charge in [-0.25, -0.2) is 0 Å². The number of rotatable bonds is 5. The smallest absolute Gasteiger partial charge is 0.336 e. The van der Waals surface area contributed by atoms with Gasteiger partial charge in [-0.3, -0.25) is 9.59 Å². The zero-order valence-corrected chi connectivity index (χ0v) is 18.2. The van der Waals surface area contributed by atoms with Crippen LogP contribution in [0.25, 0.3) is 0 Å². The highest BCUT2D eigenvalue weighted by atomic mass is 79.9. The molecule has 0 aromatic heterocycles. The molecule has 1 aromatic rings. The molecule has 0 spiro atoms. The van der Waals surface area contributed by atoms with E-state index in [1.165, 1.54) is 11.8 Å². The van der Waals surface area contributed by atoms with Crippen LogP contribution in [0.2, 0.25) is 0 Å². The molecule has 1 heterocycles. The summed E-state index contributed by atoms with van der Waals surface area (Å²) in [6.45, 7) is 0.0645. The van der Waals surface area contributed by atoms with Crippen LogP contribution < -0.4 is 5.32 Å². The maximum absolute atomic E-state index is 13.5. The van der Waals surface area contributed by atoms with Crippen molar-refractivity contribution in [2.75, 3.05) is 6.54 Å². The van der Waals surface area contributed by atoms with Crippen molar-refractivity contribution in [1.82, 2.24) is 10.2 Å². The predicted molar refractivity (Wildman–Crippen MR) is 107 cm³/mol. The summed E-state index contributed by atoms with van der Waals surface area (Å²) in [6.07, 6.45) is -3.85. The van der Waals surface area contributed by atoms with E-state index in [0.29, 0.717) is 12.8 Å². The number of carbonyl (C=O) groups is 2. The molecule has 2 atom stereocenters. The lowest BCUT2D eigenvalue weighted by molar-refractivity contribution is -0.199. The van der Waals surface area contributed by atoms with Gasteiger partial charge in [-0.2, -0.15) is 18.4 Å². The summed E-state index contributed by atoms with van der Waals surface area (Å²) in [7, 11) is 0. The highest BCUT2D eigenvalue weighted by Crippen LogP contribution is 2.59. The zero-order chi connectivity index (χ0) is 21.7. The number of benzene rings is 1. The van der Waals surface area contributed by atoms with Crippen molar-refractivity contribution in [3.8, 4) is 6.07 Å². The number of halogens is 4. The second-order valence-corrected chi connectivity index (χ2v) is 10.5. The topological polar surface area (TPSA) is 73.2 Å². The Kier molecular flexibility index (Phi) is 5.34. The van der Waals surface area contributed by atoms with E-state index >= 15 is 0 Å². The lowest BCUT2D eigenvalue weighted by Crippen LogP contribution is -2.53. The molecule has 3 aliphatic rings. The average Bonchev–Trinajstić information content (AvgIpc) is 3.60. The van der Waals surface area contributed by atoms with E-state index in [1.807, 2.05) is 30.3 Å². The van der Waals surface area contributed by atoms with Crippen LogP contribution in [-0.4, -0.2) is 46.3 Å². The molecule has 0 radical (unpaired) electrons. The number of thioether (sulfide) groups is 1. The lowest BCUT2D eigenvalue weighted by atomic mass is 10.0. The Morgan fingerprint density at radius 2 is 1.83 bits per heavy atom. The molecule has 1 aromatic carbocycles. The van der Waals surface area contributed by atoms with Crippen molar-refractivity contribution in [3.05, 3.63) is 28.7 Å². The lowest BCUT2D eigenvalue weighted by Gasteiger charge is -2.29. The van der Waals surface area contributed by atoms with Crippen LogP contribution in [0.3, 0.4) is 0 Å². The molecule has 2 amide bonds. The molecule has 2 saturated carbocycles. The SMILES string of the molecule is N#CC1(NC(=O)[C@@H]2C[C@@H](Sc3ccc(Br)cc3)CN2C(=O)C2(C(F)(F)F)CC2)CC1. The Morgan fingerprint density at radius 3 is 2.33 bits per heavy atom. The number of hydrogen-bond acceptors (Lipinski definition) is 4. The van der Waals surface area contributed by atoms with Crippen LogP contribution in [0.15, 0.2) is 33.6 Å². The summed E-state index contributed by atoms with van der Waals surface area (Å²) in [5, 5.41) is 11.7. The van der Waals surface area contributed by atoms with Crippen LogP contribution in [0, 0.1) is 16.7 Å². The molecule has 3 fully saturated rings. The summed E-state index contributed by atoms with van der Waals surface area (Å²) in [5.74, 6) is -1.56. The molecule has 2 aliphatic carbocycles. The van der Waals surface area contributed by atoms with E-state index in [2.05, 4.69) is 21.2 Å². The number of nitriles is 1. The highest BCUT2D eigenvalue weighted by Gasteiger charge is 2.70. The number of carbonyl (C=O) groups excluding carboxylic acids is 2. The van der Waals surface area contributed by atoms with Crippen LogP contribution in [0.1, 0.15) is 32.1 Å². The number of amides is 2. The standard InChI is InChI=1S/C20H19BrF3N3O2S/c21-12-1-3-13(4-2-12)30-14-9-15(16(28)26-18(11-25)5-6-18)27(10-14)17(29)19(7-8-19)20(22,23)24/h1-4,14-15H,5-10H2,(H,26,28)/t14-,15+/m1/s1. The van der Waals surface area contributed by atoms with Gasteiger partial charge in [-0.05, 0) is 56.4 Å². The number of alkyl halides is 3. The summed E-state index contributed by atoms with van der Waals surface area (Å²) in [6, 6.07) is 8.51. The van der Waals surface area contributed by atoms with E-state index in [0.717, 1.165) is 14.3 Å². The highest BCUT2D eigenvalue weighted by molar-refractivity contribution is 9.10. The summed E-state index contributed by atoms with van der Waals surface area (Å²) in [5.41, 5.74) is -3.31. The Hall–Kier alpha value is -1.73. The Morgan fingerprint density at radius 1 is 1.20 bits per heavy atom. The van der Waals surface area contributed by atoms with Crippen LogP contribution in [-0.2, 0) is 9.59 Å². The van der Waals surface area contributed by atoms with Gasteiger partial charge in [0.15, 0.2) is 0 Å². The normalized spacial score (nSPS) is 26.0. The van der Waals surface area contributed by atoms with Gasteiger partial charge in [-0.1, -0.05) is 15.9 Å². The molecule has 4 rings (SSSR count). The molecule has 10 heteroatoms. The maximum Gasteiger partial charge on any atom is 0.403 e. The summed E-state index contributed by atoms with van der Waals surface area (Å²) >= 11 is 4.79. The van der Waals surface area contributed by atoms with Crippen molar-refractivity contribution in [2.24, 2.45) is 5.41 Å². The minimum Gasteiger partial charge on any atom is -0.336 e. The van der Waals surface area contributed by atoms with Crippen LogP contribution >= 0.6 is 27.7 Å². The van der Waals surface area contributed by atoms with E-state index in [1.54, 1.807) is 0 Å². The van der Waals surface area contributed by atoms with Crippen molar-refractivity contribution in [1.29, 1.82) is 5.26 Å². The van der Waals surface area contributed by atoms with Gasteiger partial charge in [0.1, 0.15) is 17.0 Å². The fraction of sp³-hybridized carbons (Fsp3) is 0.550. The molecular formula is C20H19BrF3N3O2S. The van der Waals surface area contributed by atoms with Gasteiger partial charge in [0.25, 0.3) is 0 Å². The maximum atomic E-state index is 13.5. The Labute approximate surface area is 184 Å². The van der Waals surface area contributed by atoms with Gasteiger partial charge < -0.3 is 10.2 Å². The molecule has 30 heavy (non-hydrogen) atoms. The fourth-order valence-electron chi connectivity index (χ4n) is 3.79. The zero-order valence-electron chi connectivity index (χ0n) is 15.8. The summed E-state index contributed by atoms with van der Waals surface area (Å²) in [4.78, 5) is 27.8. The molecule has 160 valence electrons. The van der Waals surface area contributed by atoms with E-state index < -0.39 is 35.0 Å². The third kappa shape index (κ3) is 3.94. The quantitative estimate of drug-likeness (QED) is 0.660. The molecule has 1 saturated heterocycles. The van der Waals surface area contributed by atoms with Crippen molar-refractivity contribution in [2.45, 2.75) is 60.0 Å². The Balaban J connectivity index is 1.54. The number of nitrogens with one attached hydrogen (secondary N) is 1. The molecular weight excluding hydrogens is 483 g/mol. The first-order chi connectivity index (χ1) is 14.1. The van der Waals surface area contributed by atoms with Crippen molar-refractivity contribution < 1.29 is 22.8 Å². The molecule has 1 N–H and O–H groups in total. The van der Waals surface area contributed by atoms with Gasteiger partial charge in [0.2, 0.25) is 11.8 Å². The van der Waals surface area contributed by atoms with Gasteiger partial charge >= 0.3 is 6.18 Å². The van der Waals surface area contributed by atoms with Gasteiger partial charge in [-0.15, -0.1) is 11.8 Å². The minimum atomic E-state index is -4.63. The van der Waals surface area contributed by atoms with E-state index in [9.17, 15) is 28.0 Å². The average molecular weight is 502 g/mol. The molecule has 0 bridgehead atoms. The number of hydrogen-bond donors (Lipinski definition) is 1. The number of likely N-dealkylation sites (tertiary alicyclic amines) is 1. The molecule has 5 nitrogen and oxygen atoms in total. The molecule has 0 unspecified atom stereocenters. The van der Waals surface area contributed by atoms with Gasteiger partial charge in [0.05, 0.1) is 6.07 Å². The first-order valence-corrected chi connectivity index (χ1v) is 11.3. The van der Waals surface area contributed by atoms with E-state index in [4.69, 9.17) is 0 Å². The first-order valence-electron chi connectivity index (χ1n) is 9.62. The largest absolute Gasteiger partial charge is 0.403 e. The molecule has 1 aliphatic heterocycles. The van der Waals surface area contributed by atoms with Crippen molar-refractivity contribution in [3.63, 3.8) is 0 Å². The monoisotopic (exact) mass is 501 g/mol.